The molecule has 0 aromatic heterocycles. The summed E-state index contributed by atoms with van der Waals surface area (Å²) in [6.07, 6.45) is 0. The zero-order valence-electron chi connectivity index (χ0n) is 16.5. The van der Waals surface area contributed by atoms with Crippen LogP contribution >= 0.6 is 35.0 Å². The molecule has 1 N–H and O–H groups in total. The van der Waals surface area contributed by atoms with Crippen molar-refractivity contribution in [1.29, 1.82) is 0 Å². The average molecular weight is 426 g/mol. The van der Waals surface area contributed by atoms with Crippen molar-refractivity contribution in [2.45, 2.75) is 43.9 Å². The Morgan fingerprint density at radius 1 is 1.07 bits per heavy atom. The molecule has 0 bridgehead atoms. The van der Waals surface area contributed by atoms with Gasteiger partial charge in [0.25, 0.3) is 0 Å². The molecule has 148 valence electrons. The second kappa shape index (κ2) is 10.2. The predicted octanol–water partition coefficient (Wildman–Crippen LogP) is 6.47. The van der Waals surface area contributed by atoms with Crippen LogP contribution in [0.25, 0.3) is 0 Å². The van der Waals surface area contributed by atoms with E-state index < -0.39 is 5.60 Å². The van der Waals surface area contributed by atoms with Crippen LogP contribution in [0.15, 0.2) is 47.4 Å². The van der Waals surface area contributed by atoms with Gasteiger partial charge in [-0.25, -0.2) is 0 Å². The number of hydrogen-bond donors (Lipinski definition) is 1. The van der Waals surface area contributed by atoms with E-state index in [2.05, 4.69) is 37.8 Å². The number of hydrogen-bond acceptors (Lipinski definition) is 3. The minimum Gasteiger partial charge on any atom is -0.385 e. The largest absolute Gasteiger partial charge is 0.385 e. The van der Waals surface area contributed by atoms with E-state index in [1.54, 1.807) is 17.8 Å². The molecule has 0 aliphatic rings. The smallest absolute Gasteiger partial charge is 0.0906 e. The number of nitrogens with zero attached hydrogens (tertiary/aromatic N) is 1. The Morgan fingerprint density at radius 3 is 2.26 bits per heavy atom. The molecule has 0 spiro atoms. The lowest BCUT2D eigenvalue weighted by atomic mass is 9.83. The van der Waals surface area contributed by atoms with Gasteiger partial charge in [0.1, 0.15) is 0 Å². The summed E-state index contributed by atoms with van der Waals surface area (Å²) in [6, 6.07) is 13.8. The number of benzene rings is 2. The maximum atomic E-state index is 11.1. The first-order chi connectivity index (χ1) is 12.8. The standard InChI is InChI=1S/C22H29Cl2NOS/c1-5-25(6-2)14-16(3)22(4,26)18-8-11-20(12-9-18)27-15-17-7-10-19(23)13-21(17)24/h7-13,16,26H,5-6,14-15H2,1-4H3. The van der Waals surface area contributed by atoms with Crippen molar-refractivity contribution in [2.75, 3.05) is 19.6 Å². The third kappa shape index (κ3) is 6.13. The van der Waals surface area contributed by atoms with Gasteiger partial charge < -0.3 is 10.0 Å². The summed E-state index contributed by atoms with van der Waals surface area (Å²) < 4.78 is 0. The normalized spacial score (nSPS) is 15.0. The molecule has 0 aliphatic carbocycles. The molecule has 2 rings (SSSR count). The van der Waals surface area contributed by atoms with Gasteiger partial charge in [-0.2, -0.15) is 0 Å². The number of rotatable bonds is 9. The molecular formula is C22H29Cl2NOS. The van der Waals surface area contributed by atoms with Crippen LogP contribution in [0.5, 0.6) is 0 Å². The Labute approximate surface area is 177 Å². The molecule has 2 nitrogen and oxygen atoms in total. The first-order valence-electron chi connectivity index (χ1n) is 9.39. The van der Waals surface area contributed by atoms with Crippen LogP contribution in [0.3, 0.4) is 0 Å². The van der Waals surface area contributed by atoms with Crippen molar-refractivity contribution < 1.29 is 5.11 Å². The number of thioether (sulfide) groups is 1. The van der Waals surface area contributed by atoms with Crippen LogP contribution in [-0.4, -0.2) is 29.6 Å². The van der Waals surface area contributed by atoms with Crippen LogP contribution in [0.2, 0.25) is 10.0 Å². The van der Waals surface area contributed by atoms with Crippen LogP contribution in [0.1, 0.15) is 38.8 Å². The second-order valence-electron chi connectivity index (χ2n) is 7.08. The van der Waals surface area contributed by atoms with Crippen molar-refractivity contribution in [2.24, 2.45) is 5.92 Å². The summed E-state index contributed by atoms with van der Waals surface area (Å²) in [5.41, 5.74) is 1.16. The van der Waals surface area contributed by atoms with Crippen molar-refractivity contribution in [1.82, 2.24) is 4.90 Å². The first kappa shape index (κ1) is 22.6. The number of aliphatic hydroxyl groups is 1. The maximum Gasteiger partial charge on any atom is 0.0906 e. The highest BCUT2D eigenvalue weighted by Gasteiger charge is 2.31. The molecule has 0 fully saturated rings. The van der Waals surface area contributed by atoms with Gasteiger partial charge in [-0.3, -0.25) is 0 Å². The summed E-state index contributed by atoms with van der Waals surface area (Å²) >= 11 is 13.9. The van der Waals surface area contributed by atoms with Gasteiger partial charge >= 0.3 is 0 Å². The second-order valence-corrected chi connectivity index (χ2v) is 8.98. The molecule has 0 radical (unpaired) electrons. The van der Waals surface area contributed by atoms with Crippen LogP contribution in [-0.2, 0) is 11.4 Å². The van der Waals surface area contributed by atoms with Gasteiger partial charge in [-0.05, 0) is 55.4 Å². The summed E-state index contributed by atoms with van der Waals surface area (Å²) in [5, 5.41) is 12.4. The van der Waals surface area contributed by atoms with E-state index in [0.29, 0.717) is 10.0 Å². The van der Waals surface area contributed by atoms with Gasteiger partial charge in [-0.15, -0.1) is 11.8 Å². The molecule has 0 heterocycles. The molecule has 5 heteroatoms. The summed E-state index contributed by atoms with van der Waals surface area (Å²) in [6.45, 7) is 11.2. The minimum atomic E-state index is -0.856. The zero-order valence-corrected chi connectivity index (χ0v) is 18.8. The third-order valence-corrected chi connectivity index (χ3v) is 6.88. The fraction of sp³-hybridized carbons (Fsp3) is 0.455. The van der Waals surface area contributed by atoms with Gasteiger partial charge in [0.15, 0.2) is 0 Å². The van der Waals surface area contributed by atoms with Crippen molar-refractivity contribution in [3.8, 4) is 0 Å². The zero-order chi connectivity index (χ0) is 20.0. The molecular weight excluding hydrogens is 397 g/mol. The fourth-order valence-corrected chi connectivity index (χ4v) is 4.48. The SMILES string of the molecule is CCN(CC)CC(C)C(C)(O)c1ccc(SCc2ccc(Cl)cc2Cl)cc1. The van der Waals surface area contributed by atoms with Gasteiger partial charge in [0.05, 0.1) is 5.60 Å². The summed E-state index contributed by atoms with van der Waals surface area (Å²) in [5.74, 6) is 0.924. The van der Waals surface area contributed by atoms with Crippen molar-refractivity contribution in [3.63, 3.8) is 0 Å². The molecule has 2 unspecified atom stereocenters. The van der Waals surface area contributed by atoms with Gasteiger partial charge in [-0.1, -0.05) is 62.2 Å². The van der Waals surface area contributed by atoms with E-state index in [1.807, 2.05) is 31.2 Å². The predicted molar refractivity (Wildman–Crippen MR) is 119 cm³/mol. The lowest BCUT2D eigenvalue weighted by molar-refractivity contribution is -0.0119. The Hall–Kier alpha value is -0.710. The van der Waals surface area contributed by atoms with E-state index in [9.17, 15) is 5.11 Å². The Balaban J connectivity index is 2.02. The van der Waals surface area contributed by atoms with E-state index in [0.717, 1.165) is 41.4 Å². The fourth-order valence-electron chi connectivity index (χ4n) is 3.02. The lowest BCUT2D eigenvalue weighted by Gasteiger charge is -2.34. The van der Waals surface area contributed by atoms with Crippen LogP contribution < -0.4 is 0 Å². The molecule has 0 amide bonds. The monoisotopic (exact) mass is 425 g/mol. The van der Waals surface area contributed by atoms with Crippen LogP contribution in [0, 0.1) is 5.92 Å². The van der Waals surface area contributed by atoms with E-state index in [4.69, 9.17) is 23.2 Å². The minimum absolute atomic E-state index is 0.142. The molecule has 0 saturated carbocycles. The highest BCUT2D eigenvalue weighted by Crippen LogP contribution is 2.33. The van der Waals surface area contributed by atoms with Crippen LogP contribution in [0.4, 0.5) is 0 Å². The molecule has 2 aromatic rings. The molecule has 2 aromatic carbocycles. The summed E-state index contributed by atoms with van der Waals surface area (Å²) in [7, 11) is 0. The Kier molecular flexibility index (Phi) is 8.51. The Morgan fingerprint density at radius 2 is 1.70 bits per heavy atom. The quantitative estimate of drug-likeness (QED) is 0.465. The maximum absolute atomic E-state index is 11.1. The third-order valence-electron chi connectivity index (χ3n) is 5.23. The molecule has 2 atom stereocenters. The molecule has 0 saturated heterocycles. The summed E-state index contributed by atoms with van der Waals surface area (Å²) in [4.78, 5) is 3.50. The van der Waals surface area contributed by atoms with E-state index in [1.165, 1.54) is 0 Å². The number of halogens is 2. The van der Waals surface area contributed by atoms with E-state index in [-0.39, 0.29) is 5.92 Å². The highest BCUT2D eigenvalue weighted by atomic mass is 35.5. The topological polar surface area (TPSA) is 23.5 Å². The van der Waals surface area contributed by atoms with Crippen molar-refractivity contribution >= 4 is 35.0 Å². The lowest BCUT2D eigenvalue weighted by Crippen LogP contribution is -2.39. The van der Waals surface area contributed by atoms with Gasteiger partial charge in [0.2, 0.25) is 0 Å². The molecule has 0 aliphatic heterocycles. The first-order valence-corrected chi connectivity index (χ1v) is 11.1. The van der Waals surface area contributed by atoms with Gasteiger partial charge in [0, 0.05) is 33.2 Å². The highest BCUT2D eigenvalue weighted by molar-refractivity contribution is 7.98. The molecule has 27 heavy (non-hydrogen) atoms. The average Bonchev–Trinajstić information content (AvgIpc) is 2.65. The van der Waals surface area contributed by atoms with Crippen molar-refractivity contribution in [3.05, 3.63) is 63.6 Å². The Bertz CT molecular complexity index is 730. The van der Waals surface area contributed by atoms with E-state index >= 15 is 0 Å².